The molecule has 0 aromatic rings. The molecule has 1 saturated heterocycles. The van der Waals surface area contributed by atoms with Crippen LogP contribution in [0.15, 0.2) is 35.0 Å². The van der Waals surface area contributed by atoms with Gasteiger partial charge in [0.1, 0.15) is 11.8 Å². The van der Waals surface area contributed by atoms with Gasteiger partial charge in [0.25, 0.3) is 0 Å². The van der Waals surface area contributed by atoms with Crippen molar-refractivity contribution in [1.82, 2.24) is 0 Å². The first-order chi connectivity index (χ1) is 11.2. The molecule has 2 rings (SSSR count). The molecule has 0 saturated carbocycles. The van der Waals surface area contributed by atoms with Gasteiger partial charge in [-0.25, -0.2) is 0 Å². The highest BCUT2D eigenvalue weighted by molar-refractivity contribution is 6.55. The van der Waals surface area contributed by atoms with Crippen molar-refractivity contribution >= 4 is 7.12 Å². The summed E-state index contributed by atoms with van der Waals surface area (Å²) in [6.45, 7) is 4.63. The van der Waals surface area contributed by atoms with Crippen LogP contribution in [0.3, 0.4) is 0 Å². The summed E-state index contributed by atoms with van der Waals surface area (Å²) >= 11 is 0. The van der Waals surface area contributed by atoms with E-state index in [1.165, 1.54) is 19.2 Å². The Morgan fingerprint density at radius 1 is 1.21 bits per heavy atom. The largest absolute Gasteiger partial charge is 0.494 e. The summed E-state index contributed by atoms with van der Waals surface area (Å²) in [4.78, 5) is 0. The number of nitrogens with zero attached hydrogens (tertiary/aromatic N) is 1. The molecule has 1 fully saturated rings. The predicted octanol–water partition coefficient (Wildman–Crippen LogP) is 3.10. The third-order valence-corrected chi connectivity index (χ3v) is 4.10. The predicted molar refractivity (Wildman–Crippen MR) is 87.8 cm³/mol. The van der Waals surface area contributed by atoms with Gasteiger partial charge in [0, 0.05) is 0 Å². The normalized spacial score (nSPS) is 21.7. The molecule has 2 aliphatic rings. The first-order valence-corrected chi connectivity index (χ1v) is 7.57. The van der Waals surface area contributed by atoms with Crippen molar-refractivity contribution < 1.29 is 22.8 Å². The molecule has 0 atom stereocenters. The summed E-state index contributed by atoms with van der Waals surface area (Å²) < 4.78 is 41.3. The highest BCUT2D eigenvalue weighted by Crippen LogP contribution is 2.39. The van der Waals surface area contributed by atoms with E-state index in [0.29, 0.717) is 11.9 Å². The van der Waals surface area contributed by atoms with Gasteiger partial charge in [0.05, 0.1) is 16.8 Å². The second-order valence-electron chi connectivity index (χ2n) is 6.14. The first-order valence-electron chi connectivity index (χ1n) is 7.57. The third kappa shape index (κ3) is 4.44. The number of allylic oxidation sites excluding steroid dienone is 5. The minimum Gasteiger partial charge on any atom is -0.433 e. The van der Waals surface area contributed by atoms with Crippen LogP contribution in [-0.4, -0.2) is 32.0 Å². The molecule has 0 aromatic heterocycles. The van der Waals surface area contributed by atoms with E-state index in [1.54, 1.807) is 6.08 Å². The first kappa shape index (κ1) is 20.4. The Kier molecular flexibility index (Phi) is 6.72. The van der Waals surface area contributed by atoms with Gasteiger partial charge >= 0.3 is 13.7 Å². The van der Waals surface area contributed by atoms with Gasteiger partial charge in [-0.1, -0.05) is 12.2 Å². The maximum absolute atomic E-state index is 12.5. The summed E-state index contributed by atoms with van der Waals surface area (Å²) in [5.74, 6) is -0.170. The van der Waals surface area contributed by atoms with Gasteiger partial charge in [-0.15, -0.1) is 0 Å². The summed E-state index contributed by atoms with van der Waals surface area (Å²) in [6, 6.07) is 1.86. The van der Waals surface area contributed by atoms with Crippen LogP contribution in [-0.2, 0) is 14.0 Å². The summed E-state index contributed by atoms with van der Waals surface area (Å²) in [5.41, 5.74) is 4.07. The SMILES string of the molecule is CC1(C)OB(C2=CCC=C(C#N)C(OC(F)F)=C2)OC1(C)C.CN. The van der Waals surface area contributed by atoms with Gasteiger partial charge in [0.2, 0.25) is 0 Å². The van der Waals surface area contributed by atoms with E-state index >= 15 is 0 Å². The van der Waals surface area contributed by atoms with Gasteiger partial charge < -0.3 is 19.8 Å². The van der Waals surface area contributed by atoms with Gasteiger partial charge in [-0.05, 0) is 52.7 Å². The van der Waals surface area contributed by atoms with E-state index in [1.807, 2.05) is 33.8 Å². The van der Waals surface area contributed by atoms with Crippen LogP contribution < -0.4 is 5.73 Å². The molecule has 1 aliphatic heterocycles. The zero-order valence-corrected chi connectivity index (χ0v) is 14.6. The van der Waals surface area contributed by atoms with Crippen LogP contribution in [0.5, 0.6) is 0 Å². The number of alkyl halides is 2. The number of ether oxygens (including phenoxy) is 1. The highest BCUT2D eigenvalue weighted by Gasteiger charge is 2.52. The van der Waals surface area contributed by atoms with Crippen LogP contribution in [0, 0.1) is 11.3 Å². The maximum Gasteiger partial charge on any atom is 0.494 e. The Hall–Kier alpha value is -1.69. The van der Waals surface area contributed by atoms with Crippen molar-refractivity contribution in [2.24, 2.45) is 5.73 Å². The smallest absolute Gasteiger partial charge is 0.433 e. The molecule has 8 heteroatoms. The number of hydrogen-bond acceptors (Lipinski definition) is 5. The number of rotatable bonds is 3. The van der Waals surface area contributed by atoms with E-state index in [2.05, 4.69) is 10.5 Å². The number of nitrogens with two attached hydrogens (primary N) is 1. The van der Waals surface area contributed by atoms with Crippen molar-refractivity contribution in [2.75, 3.05) is 7.05 Å². The molecule has 1 heterocycles. The van der Waals surface area contributed by atoms with Crippen molar-refractivity contribution in [3.8, 4) is 6.07 Å². The molecule has 24 heavy (non-hydrogen) atoms. The molecule has 0 bridgehead atoms. The molecule has 2 N–H and O–H groups in total. The monoisotopic (exact) mass is 340 g/mol. The highest BCUT2D eigenvalue weighted by atomic mass is 19.3. The van der Waals surface area contributed by atoms with E-state index < -0.39 is 24.9 Å². The molecule has 0 aromatic carbocycles. The standard InChI is InChI=1S/C15H18BF2NO3.CH5N/c1-14(2)15(3,4)22-16(21-14)11-7-5-6-10(9-19)12(8-11)20-13(17)18;1-2/h6-8,13H,5H2,1-4H3;2H2,1H3. The summed E-state index contributed by atoms with van der Waals surface area (Å²) in [6.07, 6.45) is 5.11. The fraction of sp³-hybridized carbons (Fsp3) is 0.562. The molecular weight excluding hydrogens is 317 g/mol. The van der Waals surface area contributed by atoms with E-state index in [4.69, 9.17) is 14.6 Å². The van der Waals surface area contributed by atoms with Gasteiger partial charge in [-0.3, -0.25) is 0 Å². The van der Waals surface area contributed by atoms with Crippen molar-refractivity contribution in [3.63, 3.8) is 0 Å². The molecule has 0 radical (unpaired) electrons. The second kappa shape index (κ2) is 7.93. The zero-order chi connectivity index (χ0) is 18.5. The molecule has 5 nitrogen and oxygen atoms in total. The quantitative estimate of drug-likeness (QED) is 0.799. The summed E-state index contributed by atoms with van der Waals surface area (Å²) in [7, 11) is 0.813. The number of halogens is 2. The van der Waals surface area contributed by atoms with Crippen LogP contribution in [0.25, 0.3) is 0 Å². The minimum absolute atomic E-state index is 0.0723. The molecule has 132 valence electrons. The average Bonchev–Trinajstić information content (AvgIpc) is 2.64. The lowest BCUT2D eigenvalue weighted by atomic mass is 9.77. The average molecular weight is 340 g/mol. The Balaban J connectivity index is 0.00000139. The molecule has 0 amide bonds. The van der Waals surface area contributed by atoms with Crippen LogP contribution in [0.1, 0.15) is 34.1 Å². The molecule has 0 spiro atoms. The van der Waals surface area contributed by atoms with Crippen molar-refractivity contribution in [1.29, 1.82) is 5.26 Å². The van der Waals surface area contributed by atoms with E-state index in [-0.39, 0.29) is 11.3 Å². The fourth-order valence-electron chi connectivity index (χ4n) is 2.14. The third-order valence-electron chi connectivity index (χ3n) is 4.10. The molecule has 0 unspecified atom stereocenters. The Bertz CT molecular complexity index is 577. The zero-order valence-electron chi connectivity index (χ0n) is 14.6. The minimum atomic E-state index is -3.00. The maximum atomic E-state index is 12.5. The van der Waals surface area contributed by atoms with Gasteiger partial charge in [-0.2, -0.15) is 14.0 Å². The van der Waals surface area contributed by atoms with Crippen LogP contribution in [0.4, 0.5) is 8.78 Å². The number of nitriles is 1. The van der Waals surface area contributed by atoms with Crippen molar-refractivity contribution in [2.45, 2.75) is 51.9 Å². The van der Waals surface area contributed by atoms with E-state index in [9.17, 15) is 8.78 Å². The summed E-state index contributed by atoms with van der Waals surface area (Å²) in [5, 5.41) is 9.05. The van der Waals surface area contributed by atoms with Crippen LogP contribution in [0.2, 0.25) is 0 Å². The molecule has 1 aliphatic carbocycles. The number of hydrogen-bond donors (Lipinski definition) is 1. The Morgan fingerprint density at radius 3 is 2.21 bits per heavy atom. The Labute approximate surface area is 141 Å². The van der Waals surface area contributed by atoms with Crippen LogP contribution >= 0.6 is 0 Å². The molecular formula is C16H23BF2N2O3. The van der Waals surface area contributed by atoms with E-state index in [0.717, 1.165) is 0 Å². The lowest BCUT2D eigenvalue weighted by Gasteiger charge is -2.32. The lowest BCUT2D eigenvalue weighted by molar-refractivity contribution is -0.0928. The Morgan fingerprint density at radius 2 is 1.75 bits per heavy atom. The lowest BCUT2D eigenvalue weighted by Crippen LogP contribution is -2.41. The fourth-order valence-corrected chi connectivity index (χ4v) is 2.14. The van der Waals surface area contributed by atoms with Crippen molar-refractivity contribution in [3.05, 3.63) is 35.0 Å². The topological polar surface area (TPSA) is 77.5 Å². The van der Waals surface area contributed by atoms with Gasteiger partial charge in [0.15, 0.2) is 0 Å². The second-order valence-corrected chi connectivity index (χ2v) is 6.14.